The SMILES string of the molecule is CC(C)CCC[C@@H](C)[C@H]1CCC2C3C(Br)C=C4C[C@@H](C)CC[C@]4(C)C3CC[C@@]21C. The molecule has 0 amide bonds. The molecule has 4 unspecified atom stereocenters. The summed E-state index contributed by atoms with van der Waals surface area (Å²) in [5.74, 6) is 6.37. The molecule has 166 valence electrons. The lowest BCUT2D eigenvalue weighted by atomic mass is 9.46. The quantitative estimate of drug-likeness (QED) is 0.282. The second kappa shape index (κ2) is 8.29. The first-order valence-electron chi connectivity index (χ1n) is 13.0. The molecule has 29 heavy (non-hydrogen) atoms. The van der Waals surface area contributed by atoms with E-state index in [0.717, 1.165) is 41.4 Å². The van der Waals surface area contributed by atoms with Crippen molar-refractivity contribution in [3.63, 3.8) is 0 Å². The van der Waals surface area contributed by atoms with Crippen molar-refractivity contribution in [2.24, 2.45) is 52.3 Å². The maximum Gasteiger partial charge on any atom is 0.0362 e. The van der Waals surface area contributed by atoms with Crippen LogP contribution >= 0.6 is 15.9 Å². The maximum atomic E-state index is 4.24. The second-order valence-corrected chi connectivity index (χ2v) is 13.8. The lowest BCUT2D eigenvalue weighted by molar-refractivity contribution is -0.0492. The van der Waals surface area contributed by atoms with Gasteiger partial charge < -0.3 is 0 Å². The average molecular weight is 464 g/mol. The van der Waals surface area contributed by atoms with Crippen molar-refractivity contribution in [1.29, 1.82) is 0 Å². The molecule has 0 saturated heterocycles. The monoisotopic (exact) mass is 462 g/mol. The van der Waals surface area contributed by atoms with Crippen molar-refractivity contribution < 1.29 is 0 Å². The molecule has 0 bridgehead atoms. The van der Waals surface area contributed by atoms with Gasteiger partial charge in [0.25, 0.3) is 0 Å². The van der Waals surface area contributed by atoms with Gasteiger partial charge in [0.1, 0.15) is 0 Å². The molecule has 4 aliphatic carbocycles. The van der Waals surface area contributed by atoms with E-state index in [-0.39, 0.29) is 0 Å². The van der Waals surface area contributed by atoms with Crippen LogP contribution in [0.4, 0.5) is 0 Å². The van der Waals surface area contributed by atoms with E-state index < -0.39 is 0 Å². The fourth-order valence-electron chi connectivity index (χ4n) is 8.81. The van der Waals surface area contributed by atoms with Gasteiger partial charge in [0.05, 0.1) is 0 Å². The number of alkyl halides is 1. The fraction of sp³-hybridized carbons (Fsp3) is 0.929. The van der Waals surface area contributed by atoms with Crippen molar-refractivity contribution >= 4 is 15.9 Å². The first-order valence-corrected chi connectivity index (χ1v) is 13.9. The van der Waals surface area contributed by atoms with Gasteiger partial charge in [-0.1, -0.05) is 88.4 Å². The van der Waals surface area contributed by atoms with Crippen molar-refractivity contribution in [3.8, 4) is 0 Å². The van der Waals surface area contributed by atoms with Gasteiger partial charge in [-0.3, -0.25) is 0 Å². The smallest absolute Gasteiger partial charge is 0.0362 e. The topological polar surface area (TPSA) is 0 Å². The van der Waals surface area contributed by atoms with Gasteiger partial charge in [0, 0.05) is 4.83 Å². The molecule has 0 nitrogen and oxygen atoms in total. The number of fused-ring (bicyclic) bond motifs is 5. The highest BCUT2D eigenvalue weighted by atomic mass is 79.9. The molecular weight excluding hydrogens is 416 g/mol. The highest BCUT2D eigenvalue weighted by Gasteiger charge is 2.60. The summed E-state index contributed by atoms with van der Waals surface area (Å²) >= 11 is 4.24. The van der Waals surface area contributed by atoms with Crippen LogP contribution in [-0.4, -0.2) is 4.83 Å². The molecule has 3 fully saturated rings. The van der Waals surface area contributed by atoms with Crippen LogP contribution in [0.2, 0.25) is 0 Å². The van der Waals surface area contributed by atoms with Crippen LogP contribution in [0.3, 0.4) is 0 Å². The second-order valence-electron chi connectivity index (χ2n) is 12.7. The third kappa shape index (κ3) is 3.82. The van der Waals surface area contributed by atoms with Gasteiger partial charge in [-0.25, -0.2) is 0 Å². The molecule has 0 aromatic heterocycles. The Balaban J connectivity index is 1.54. The number of hydrogen-bond acceptors (Lipinski definition) is 0. The zero-order chi connectivity index (χ0) is 21.0. The van der Waals surface area contributed by atoms with E-state index in [1.54, 1.807) is 0 Å². The highest BCUT2D eigenvalue weighted by Crippen LogP contribution is 2.68. The molecule has 1 heteroatoms. The standard InChI is InChI=1S/C28H47Br/c1-18(2)8-7-9-20(4)22-10-11-23-26-24(13-15-28(22,23)6)27(5)14-12-19(3)16-21(27)17-25(26)29/h17-20,22-26H,7-16H2,1-6H3/t19-,20+,22+,23?,24?,25?,26?,27-,28+/m0/s1. The van der Waals surface area contributed by atoms with Crippen LogP contribution < -0.4 is 0 Å². The molecule has 4 aliphatic rings. The molecule has 0 N–H and O–H groups in total. The lowest BCUT2D eigenvalue weighted by Crippen LogP contribution is -2.53. The van der Waals surface area contributed by atoms with Crippen LogP contribution in [0.5, 0.6) is 0 Å². The third-order valence-corrected chi connectivity index (χ3v) is 11.4. The maximum absolute atomic E-state index is 4.24. The number of allylic oxidation sites excluding steroid dienone is 2. The van der Waals surface area contributed by atoms with Crippen molar-refractivity contribution in [1.82, 2.24) is 0 Å². The van der Waals surface area contributed by atoms with Gasteiger partial charge >= 0.3 is 0 Å². The summed E-state index contributed by atoms with van der Waals surface area (Å²) in [6, 6.07) is 0. The third-order valence-electron chi connectivity index (χ3n) is 10.5. The first kappa shape index (κ1) is 22.4. The fourth-order valence-corrected chi connectivity index (χ4v) is 9.87. The van der Waals surface area contributed by atoms with Crippen LogP contribution in [-0.2, 0) is 0 Å². The molecule has 3 saturated carbocycles. The molecule has 0 spiro atoms. The number of rotatable bonds is 5. The Bertz CT molecular complexity index is 620. The predicted molar refractivity (Wildman–Crippen MR) is 130 cm³/mol. The summed E-state index contributed by atoms with van der Waals surface area (Å²) in [5.41, 5.74) is 2.91. The molecule has 0 aromatic rings. The summed E-state index contributed by atoms with van der Waals surface area (Å²) < 4.78 is 0. The largest absolute Gasteiger partial charge is 0.0842 e. The molecule has 9 atom stereocenters. The summed E-state index contributed by atoms with van der Waals surface area (Å²) in [6.45, 7) is 15.2. The van der Waals surface area contributed by atoms with Gasteiger partial charge in [-0.05, 0) is 97.2 Å². The Kier molecular flexibility index (Phi) is 6.41. The van der Waals surface area contributed by atoms with Crippen molar-refractivity contribution in [3.05, 3.63) is 11.6 Å². The van der Waals surface area contributed by atoms with E-state index in [2.05, 4.69) is 63.5 Å². The van der Waals surface area contributed by atoms with Crippen molar-refractivity contribution in [2.75, 3.05) is 0 Å². The van der Waals surface area contributed by atoms with Crippen LogP contribution in [0.15, 0.2) is 11.6 Å². The van der Waals surface area contributed by atoms with E-state index in [9.17, 15) is 0 Å². The molecule has 0 radical (unpaired) electrons. The van der Waals surface area contributed by atoms with Gasteiger partial charge in [0.15, 0.2) is 0 Å². The lowest BCUT2D eigenvalue weighted by Gasteiger charge is -2.59. The van der Waals surface area contributed by atoms with E-state index >= 15 is 0 Å². The van der Waals surface area contributed by atoms with Gasteiger partial charge in [-0.15, -0.1) is 0 Å². The Hall–Kier alpha value is 0.220. The van der Waals surface area contributed by atoms with Gasteiger partial charge in [-0.2, -0.15) is 0 Å². The number of hydrogen-bond donors (Lipinski definition) is 0. The Labute approximate surface area is 190 Å². The minimum atomic E-state index is 0.504. The van der Waals surface area contributed by atoms with E-state index in [0.29, 0.717) is 15.7 Å². The van der Waals surface area contributed by atoms with Gasteiger partial charge in [0.2, 0.25) is 0 Å². The zero-order valence-corrected chi connectivity index (χ0v) is 21.7. The van der Waals surface area contributed by atoms with Crippen LogP contribution in [0.25, 0.3) is 0 Å². The predicted octanol–water partition coefficient (Wildman–Crippen LogP) is 9.04. The molecule has 0 aromatic carbocycles. The molecular formula is C28H47Br. The number of halogens is 1. The minimum absolute atomic E-state index is 0.504. The van der Waals surface area contributed by atoms with E-state index in [1.165, 1.54) is 64.2 Å². The highest BCUT2D eigenvalue weighted by molar-refractivity contribution is 9.09. The molecule has 0 aliphatic heterocycles. The van der Waals surface area contributed by atoms with E-state index in [4.69, 9.17) is 0 Å². The van der Waals surface area contributed by atoms with Crippen molar-refractivity contribution in [2.45, 2.75) is 111 Å². The Morgan fingerprint density at radius 1 is 1.00 bits per heavy atom. The van der Waals surface area contributed by atoms with Crippen LogP contribution in [0, 0.1) is 52.3 Å². The first-order chi connectivity index (χ1) is 13.7. The summed E-state index contributed by atoms with van der Waals surface area (Å²) in [5, 5.41) is 0. The van der Waals surface area contributed by atoms with Crippen LogP contribution in [0.1, 0.15) is 106 Å². The molecule has 0 heterocycles. The molecule has 4 rings (SSSR count). The normalized spacial score (nSPS) is 47.9. The average Bonchev–Trinajstić information content (AvgIpc) is 3.00. The summed E-state index contributed by atoms with van der Waals surface area (Å²) in [6.07, 6.45) is 17.2. The minimum Gasteiger partial charge on any atom is -0.0842 e. The zero-order valence-electron chi connectivity index (χ0n) is 20.1. The van der Waals surface area contributed by atoms with E-state index in [1.807, 2.05) is 5.57 Å². The summed E-state index contributed by atoms with van der Waals surface area (Å²) in [4.78, 5) is 0.625. The Morgan fingerprint density at radius 2 is 1.76 bits per heavy atom. The Morgan fingerprint density at radius 3 is 2.48 bits per heavy atom. The summed E-state index contributed by atoms with van der Waals surface area (Å²) in [7, 11) is 0.